The summed E-state index contributed by atoms with van der Waals surface area (Å²) < 4.78 is 5.16. The van der Waals surface area contributed by atoms with Crippen molar-refractivity contribution in [2.24, 2.45) is 0 Å². The van der Waals surface area contributed by atoms with Crippen molar-refractivity contribution in [3.05, 3.63) is 82.4 Å². The lowest BCUT2D eigenvalue weighted by Gasteiger charge is -2.24. The Bertz CT molecular complexity index is 1030. The Labute approximate surface area is 162 Å². The minimum absolute atomic E-state index is 0.0886. The van der Waals surface area contributed by atoms with E-state index >= 15 is 0 Å². The number of ether oxygens (including phenoxy) is 1. The standard InChI is InChI=1S/C22H21N3O3/c1-28-16-9-7-15(8-10-16)18-12-11-17(21(26)24-18)22(27)25-14-4-6-20(25)19-5-2-3-13-23-19/h2-3,5,7-13,20H,4,6,14H2,1H3,(H,24,26)/t20-/m0/s1. The number of amides is 1. The number of benzene rings is 1. The van der Waals surface area contributed by atoms with Gasteiger partial charge in [-0.2, -0.15) is 0 Å². The van der Waals surface area contributed by atoms with Crippen LogP contribution in [-0.2, 0) is 0 Å². The second kappa shape index (κ2) is 7.68. The molecule has 6 nitrogen and oxygen atoms in total. The zero-order valence-electron chi connectivity index (χ0n) is 15.6. The molecule has 0 spiro atoms. The number of aromatic amines is 1. The predicted molar refractivity (Wildman–Crippen MR) is 106 cm³/mol. The Hall–Kier alpha value is -3.41. The average molecular weight is 375 g/mol. The van der Waals surface area contributed by atoms with Gasteiger partial charge in [-0.15, -0.1) is 0 Å². The Morgan fingerprint density at radius 2 is 1.96 bits per heavy atom. The van der Waals surface area contributed by atoms with Gasteiger partial charge in [0.2, 0.25) is 0 Å². The molecule has 0 radical (unpaired) electrons. The van der Waals surface area contributed by atoms with Gasteiger partial charge in [-0.3, -0.25) is 14.6 Å². The van der Waals surface area contributed by atoms with Crippen LogP contribution in [0.1, 0.15) is 34.9 Å². The average Bonchev–Trinajstić information content (AvgIpc) is 3.24. The molecule has 6 heteroatoms. The monoisotopic (exact) mass is 375 g/mol. The zero-order chi connectivity index (χ0) is 19.5. The molecule has 1 fully saturated rings. The number of nitrogens with one attached hydrogen (secondary N) is 1. The highest BCUT2D eigenvalue weighted by molar-refractivity contribution is 5.94. The highest BCUT2D eigenvalue weighted by Crippen LogP contribution is 2.31. The van der Waals surface area contributed by atoms with E-state index in [1.165, 1.54) is 0 Å². The summed E-state index contributed by atoms with van der Waals surface area (Å²) in [4.78, 5) is 34.6. The number of aromatic nitrogens is 2. The molecule has 3 aromatic rings. The van der Waals surface area contributed by atoms with Crippen LogP contribution in [0.25, 0.3) is 11.3 Å². The summed E-state index contributed by atoms with van der Waals surface area (Å²) >= 11 is 0. The van der Waals surface area contributed by atoms with Crippen LogP contribution >= 0.6 is 0 Å². The molecule has 1 atom stereocenters. The Morgan fingerprint density at radius 3 is 2.64 bits per heavy atom. The molecule has 1 amide bonds. The van der Waals surface area contributed by atoms with E-state index in [-0.39, 0.29) is 23.1 Å². The number of methoxy groups -OCH3 is 1. The topological polar surface area (TPSA) is 75.3 Å². The van der Waals surface area contributed by atoms with Gasteiger partial charge in [0.05, 0.1) is 18.8 Å². The molecule has 0 aliphatic carbocycles. The van der Waals surface area contributed by atoms with Crippen molar-refractivity contribution in [1.82, 2.24) is 14.9 Å². The lowest BCUT2D eigenvalue weighted by atomic mass is 10.1. The number of rotatable bonds is 4. The predicted octanol–water partition coefficient (Wildman–Crippen LogP) is 3.42. The fourth-order valence-corrected chi connectivity index (χ4v) is 3.63. The second-order valence-corrected chi connectivity index (χ2v) is 6.75. The van der Waals surface area contributed by atoms with Gasteiger partial charge in [0, 0.05) is 18.4 Å². The van der Waals surface area contributed by atoms with Gasteiger partial charge in [0.1, 0.15) is 11.3 Å². The van der Waals surface area contributed by atoms with Crippen LogP contribution in [0, 0.1) is 0 Å². The van der Waals surface area contributed by atoms with Gasteiger partial charge in [0.15, 0.2) is 0 Å². The minimum atomic E-state index is -0.384. The number of carbonyl (C=O) groups excluding carboxylic acids is 1. The van der Waals surface area contributed by atoms with E-state index in [0.29, 0.717) is 12.2 Å². The molecule has 1 aliphatic rings. The summed E-state index contributed by atoms with van der Waals surface area (Å²) in [6.07, 6.45) is 3.48. The molecule has 1 aliphatic heterocycles. The quantitative estimate of drug-likeness (QED) is 0.758. The molecule has 28 heavy (non-hydrogen) atoms. The maximum atomic E-state index is 13.0. The molecular formula is C22H21N3O3. The number of likely N-dealkylation sites (tertiary alicyclic amines) is 1. The maximum absolute atomic E-state index is 13.0. The van der Waals surface area contributed by atoms with Gasteiger partial charge in [-0.05, 0) is 66.9 Å². The zero-order valence-corrected chi connectivity index (χ0v) is 15.6. The summed E-state index contributed by atoms with van der Waals surface area (Å²) in [6.45, 7) is 0.625. The Balaban J connectivity index is 1.60. The third-order valence-corrected chi connectivity index (χ3v) is 5.08. The van der Waals surface area contributed by atoms with Gasteiger partial charge in [0.25, 0.3) is 11.5 Å². The summed E-state index contributed by atoms with van der Waals surface area (Å²) in [7, 11) is 1.61. The van der Waals surface area contributed by atoms with Gasteiger partial charge in [-0.1, -0.05) is 6.07 Å². The number of pyridine rings is 2. The highest BCUT2D eigenvalue weighted by atomic mass is 16.5. The number of nitrogens with zero attached hydrogens (tertiary/aromatic N) is 2. The van der Waals surface area contributed by atoms with Crippen molar-refractivity contribution in [2.45, 2.75) is 18.9 Å². The number of H-pyrrole nitrogens is 1. The molecule has 2 aromatic heterocycles. The fraction of sp³-hybridized carbons (Fsp3) is 0.227. The first-order valence-electron chi connectivity index (χ1n) is 9.27. The molecule has 0 saturated carbocycles. The normalized spacial score (nSPS) is 16.2. The first-order valence-corrected chi connectivity index (χ1v) is 9.27. The largest absolute Gasteiger partial charge is 0.497 e. The van der Waals surface area contributed by atoms with E-state index < -0.39 is 0 Å². The van der Waals surface area contributed by atoms with E-state index in [1.54, 1.807) is 30.3 Å². The SMILES string of the molecule is COc1ccc(-c2ccc(C(=O)N3CCC[C@H]3c3ccccn3)c(=O)[nH]2)cc1. The lowest BCUT2D eigenvalue weighted by Crippen LogP contribution is -2.34. The highest BCUT2D eigenvalue weighted by Gasteiger charge is 2.32. The van der Waals surface area contributed by atoms with E-state index in [9.17, 15) is 9.59 Å². The summed E-state index contributed by atoms with van der Waals surface area (Å²) in [6, 6.07) is 16.4. The summed E-state index contributed by atoms with van der Waals surface area (Å²) in [5, 5.41) is 0. The Kier molecular flexibility index (Phi) is 4.93. The number of hydrogen-bond donors (Lipinski definition) is 1. The van der Waals surface area contributed by atoms with Crippen molar-refractivity contribution in [3.8, 4) is 17.0 Å². The van der Waals surface area contributed by atoms with Crippen molar-refractivity contribution < 1.29 is 9.53 Å². The Morgan fingerprint density at radius 1 is 1.14 bits per heavy atom. The molecule has 142 valence electrons. The molecule has 0 bridgehead atoms. The van der Waals surface area contributed by atoms with Crippen LogP contribution in [0.2, 0.25) is 0 Å². The van der Waals surface area contributed by atoms with Crippen molar-refractivity contribution in [3.63, 3.8) is 0 Å². The van der Waals surface area contributed by atoms with Gasteiger partial charge in [-0.25, -0.2) is 0 Å². The molecule has 1 aromatic carbocycles. The molecule has 1 saturated heterocycles. The van der Waals surface area contributed by atoms with Crippen LogP contribution in [0.3, 0.4) is 0 Å². The number of carbonyl (C=O) groups is 1. The van der Waals surface area contributed by atoms with Crippen LogP contribution in [-0.4, -0.2) is 34.4 Å². The third kappa shape index (κ3) is 3.41. The number of hydrogen-bond acceptors (Lipinski definition) is 4. The maximum Gasteiger partial charge on any atom is 0.261 e. The lowest BCUT2D eigenvalue weighted by molar-refractivity contribution is 0.0731. The van der Waals surface area contributed by atoms with E-state index in [0.717, 1.165) is 29.8 Å². The van der Waals surface area contributed by atoms with Gasteiger partial charge >= 0.3 is 0 Å². The summed E-state index contributed by atoms with van der Waals surface area (Å²) in [5.41, 5.74) is 2.14. The molecule has 3 heterocycles. The van der Waals surface area contributed by atoms with Gasteiger partial charge < -0.3 is 14.6 Å². The smallest absolute Gasteiger partial charge is 0.261 e. The second-order valence-electron chi connectivity index (χ2n) is 6.75. The minimum Gasteiger partial charge on any atom is -0.497 e. The van der Waals surface area contributed by atoms with Crippen LogP contribution in [0.5, 0.6) is 5.75 Å². The third-order valence-electron chi connectivity index (χ3n) is 5.08. The summed E-state index contributed by atoms with van der Waals surface area (Å²) in [5.74, 6) is 0.489. The van der Waals surface area contributed by atoms with E-state index in [1.807, 2.05) is 42.5 Å². The molecule has 1 N–H and O–H groups in total. The first-order chi connectivity index (χ1) is 13.7. The van der Waals surface area contributed by atoms with E-state index in [4.69, 9.17) is 4.74 Å². The van der Waals surface area contributed by atoms with Crippen molar-refractivity contribution in [1.29, 1.82) is 0 Å². The fourth-order valence-electron chi connectivity index (χ4n) is 3.63. The molecule has 4 rings (SSSR count). The first kappa shape index (κ1) is 18.0. The van der Waals surface area contributed by atoms with E-state index in [2.05, 4.69) is 9.97 Å². The molecule has 0 unspecified atom stereocenters. The van der Waals surface area contributed by atoms with Crippen molar-refractivity contribution >= 4 is 5.91 Å². The van der Waals surface area contributed by atoms with Crippen LogP contribution in [0.4, 0.5) is 0 Å². The van der Waals surface area contributed by atoms with Crippen LogP contribution in [0.15, 0.2) is 65.6 Å². The molecular weight excluding hydrogens is 354 g/mol. The van der Waals surface area contributed by atoms with Crippen molar-refractivity contribution in [2.75, 3.05) is 13.7 Å². The van der Waals surface area contributed by atoms with Crippen LogP contribution < -0.4 is 10.3 Å².